The average Bonchev–Trinajstić information content (AvgIpc) is 4.11. The number of carboxylic acid groups (broad SMARTS) is 1. The monoisotopic (exact) mass is 1010 g/mol. The Morgan fingerprint density at radius 2 is 1.69 bits per heavy atom. The first-order valence-corrected chi connectivity index (χ1v) is 25.2. The number of thiazole rings is 1. The van der Waals surface area contributed by atoms with Gasteiger partial charge in [-0.25, -0.2) is 32.6 Å². The fourth-order valence-electron chi connectivity index (χ4n) is 7.64. The van der Waals surface area contributed by atoms with Gasteiger partial charge in [-0.2, -0.15) is 5.10 Å². The van der Waals surface area contributed by atoms with Gasteiger partial charge in [-0.1, -0.05) is 12.1 Å². The number of nitrogens with one attached hydrogen (secondary N) is 3. The van der Waals surface area contributed by atoms with Crippen molar-refractivity contribution in [3.05, 3.63) is 111 Å². The van der Waals surface area contributed by atoms with Crippen molar-refractivity contribution >= 4 is 67.4 Å². The number of nitrogens with zero attached hydrogens (tertiary/aromatic N) is 6. The maximum atomic E-state index is 14.4. The van der Waals surface area contributed by atoms with Crippen LogP contribution in [0.1, 0.15) is 84.5 Å². The second kappa shape index (κ2) is 21.9. The third-order valence-electron chi connectivity index (χ3n) is 12.2. The predicted octanol–water partition coefficient (Wildman–Crippen LogP) is 6.98. The number of fused-ring (bicyclic) bond motifs is 1. The maximum absolute atomic E-state index is 14.4. The molecular weight excluding hydrogens is 958 g/mol. The van der Waals surface area contributed by atoms with E-state index in [-0.39, 0.29) is 60.5 Å². The minimum absolute atomic E-state index is 0.0143. The van der Waals surface area contributed by atoms with Crippen LogP contribution in [0.15, 0.2) is 77.3 Å². The normalized spacial score (nSPS) is 14.8. The summed E-state index contributed by atoms with van der Waals surface area (Å²) in [7, 11) is -2.63. The van der Waals surface area contributed by atoms with Gasteiger partial charge in [0.15, 0.2) is 15.7 Å². The average molecular weight is 1010 g/mol. The number of H-pyrrole nitrogens is 1. The molecule has 0 saturated carbocycles. The number of hydrogen-bond acceptors (Lipinski definition) is 15. The summed E-state index contributed by atoms with van der Waals surface area (Å²) < 4.78 is 57.8. The lowest BCUT2D eigenvalue weighted by atomic mass is 10.0. The molecule has 0 bridgehead atoms. The number of ketones is 1. The zero-order chi connectivity index (χ0) is 51.2. The standard InChI is InChI=1S/C49H56FN9O10S2/c1-28-29(2)56-57-43(28)55-44-35-24-41(71(65,66)49(4,5)6)40(25-36(35)51-27-52-44)69-22-20-67-19-21-68-34-16-10-31(11-17-34)23-37(53-45(61)30(3)58(7)48(63)64)47(62)59-18-8-9-39(59)46-54-38(26-70-46)42(60)32-12-14-33(50)15-13-32/h10-17,24-27,30,37,39H,8-9,18-23H2,1-7H3,(H,53,61)(H,63,64)(H2,51,52,55,56,57). The lowest BCUT2D eigenvalue weighted by Crippen LogP contribution is -2.54. The Morgan fingerprint density at radius 3 is 2.35 bits per heavy atom. The van der Waals surface area contributed by atoms with E-state index in [1.165, 1.54) is 62.0 Å². The highest BCUT2D eigenvalue weighted by atomic mass is 32.2. The minimum atomic E-state index is -3.90. The molecule has 1 fully saturated rings. The lowest BCUT2D eigenvalue weighted by molar-refractivity contribution is -0.138. The van der Waals surface area contributed by atoms with Crippen LogP contribution in [0.2, 0.25) is 0 Å². The SMILES string of the molecule is Cc1[nH]nc(Nc2ncnc3cc(OCCOCCOc4ccc(CC(NC(=O)C(C)N(C)C(=O)O)C(=O)N5CCCC5c5nc(C(=O)c6ccc(F)cc6)cs5)cc4)c(S(=O)(=O)C(C)(C)C)cc23)c1C. The Bertz CT molecular complexity index is 3010. The van der Waals surface area contributed by atoms with E-state index < -0.39 is 56.4 Å². The number of likely N-dealkylation sites (tertiary alicyclic amines) is 1. The van der Waals surface area contributed by atoms with E-state index in [0.717, 1.165) is 16.2 Å². The highest BCUT2D eigenvalue weighted by molar-refractivity contribution is 7.92. The van der Waals surface area contributed by atoms with Gasteiger partial charge in [-0.3, -0.25) is 24.4 Å². The van der Waals surface area contributed by atoms with E-state index in [1.54, 1.807) is 61.4 Å². The summed E-state index contributed by atoms with van der Waals surface area (Å²) in [6, 6.07) is 12.6. The Morgan fingerprint density at radius 1 is 0.986 bits per heavy atom. The van der Waals surface area contributed by atoms with Crippen LogP contribution in [0.4, 0.5) is 20.8 Å². The summed E-state index contributed by atoms with van der Waals surface area (Å²) in [4.78, 5) is 68.4. The van der Waals surface area contributed by atoms with Crippen molar-refractivity contribution in [2.75, 3.05) is 45.3 Å². The number of hydrogen-bond donors (Lipinski definition) is 4. The zero-order valence-electron chi connectivity index (χ0n) is 40.3. The largest absolute Gasteiger partial charge is 0.491 e. The molecule has 3 unspecified atom stereocenters. The van der Waals surface area contributed by atoms with Crippen LogP contribution in [0.25, 0.3) is 10.9 Å². The van der Waals surface area contributed by atoms with Gasteiger partial charge >= 0.3 is 6.09 Å². The number of halogens is 1. The van der Waals surface area contributed by atoms with E-state index in [4.69, 9.17) is 14.2 Å². The number of rotatable bonds is 20. The predicted molar refractivity (Wildman–Crippen MR) is 263 cm³/mol. The van der Waals surface area contributed by atoms with Crippen LogP contribution in [0.5, 0.6) is 11.5 Å². The first-order valence-electron chi connectivity index (χ1n) is 22.8. The molecular formula is C49H56FN9O10S2. The number of benzene rings is 3. The molecule has 1 aliphatic rings. The number of anilines is 2. The molecule has 1 aliphatic heterocycles. The molecule has 3 aromatic heterocycles. The molecule has 19 nitrogen and oxygen atoms in total. The van der Waals surface area contributed by atoms with Gasteiger partial charge in [-0.15, -0.1) is 11.3 Å². The second-order valence-electron chi connectivity index (χ2n) is 18.0. The van der Waals surface area contributed by atoms with Gasteiger partial charge < -0.3 is 34.9 Å². The van der Waals surface area contributed by atoms with Gasteiger partial charge in [0, 0.05) is 53.7 Å². The van der Waals surface area contributed by atoms with E-state index in [1.807, 2.05) is 13.8 Å². The van der Waals surface area contributed by atoms with E-state index in [2.05, 4.69) is 35.8 Å². The Labute approximate surface area is 414 Å². The van der Waals surface area contributed by atoms with Gasteiger partial charge in [0.1, 0.15) is 70.4 Å². The van der Waals surface area contributed by atoms with Crippen LogP contribution < -0.4 is 20.1 Å². The fourth-order valence-corrected chi connectivity index (χ4v) is 9.90. The second-order valence-corrected chi connectivity index (χ2v) is 21.5. The molecule has 376 valence electrons. The smallest absolute Gasteiger partial charge is 0.407 e. The van der Waals surface area contributed by atoms with Crippen molar-refractivity contribution in [2.24, 2.45) is 0 Å². The van der Waals surface area contributed by atoms with Crippen LogP contribution in [0, 0.1) is 19.7 Å². The number of carbonyl (C=O) groups is 4. The summed E-state index contributed by atoms with van der Waals surface area (Å²) in [5.41, 5.74) is 3.36. The molecule has 22 heteroatoms. The van der Waals surface area contributed by atoms with Crippen molar-refractivity contribution in [1.29, 1.82) is 0 Å². The number of carbonyl (C=O) groups excluding carboxylic acids is 3. The van der Waals surface area contributed by atoms with E-state index in [9.17, 15) is 37.1 Å². The summed E-state index contributed by atoms with van der Waals surface area (Å²) in [6.45, 7) is 10.9. The van der Waals surface area contributed by atoms with Crippen molar-refractivity contribution < 1.29 is 51.3 Å². The van der Waals surface area contributed by atoms with Crippen molar-refractivity contribution in [2.45, 2.75) is 88.6 Å². The fraction of sp³-hybridized carbons (Fsp3) is 0.388. The summed E-state index contributed by atoms with van der Waals surface area (Å²) in [6.07, 6.45) is 1.35. The minimum Gasteiger partial charge on any atom is -0.491 e. The molecule has 0 radical (unpaired) electrons. The molecule has 4 N–H and O–H groups in total. The highest BCUT2D eigenvalue weighted by Gasteiger charge is 2.38. The van der Waals surface area contributed by atoms with Crippen LogP contribution >= 0.6 is 11.3 Å². The van der Waals surface area contributed by atoms with Crippen LogP contribution in [-0.4, -0.2) is 129 Å². The third kappa shape index (κ3) is 11.9. The van der Waals surface area contributed by atoms with E-state index >= 15 is 0 Å². The summed E-state index contributed by atoms with van der Waals surface area (Å²) in [5, 5.41) is 25.3. The third-order valence-corrected chi connectivity index (χ3v) is 15.6. The Balaban J connectivity index is 0.961. The molecule has 0 aliphatic carbocycles. The molecule has 7 rings (SSSR count). The maximum Gasteiger partial charge on any atom is 0.407 e. The number of sulfone groups is 1. The number of ether oxygens (including phenoxy) is 3. The van der Waals surface area contributed by atoms with Crippen LogP contribution in [0.3, 0.4) is 0 Å². The first kappa shape index (κ1) is 51.8. The lowest BCUT2D eigenvalue weighted by Gasteiger charge is -2.30. The summed E-state index contributed by atoms with van der Waals surface area (Å²) >= 11 is 1.24. The van der Waals surface area contributed by atoms with Crippen LogP contribution in [-0.2, 0) is 30.6 Å². The van der Waals surface area contributed by atoms with Crippen molar-refractivity contribution in [3.8, 4) is 11.5 Å². The number of aromatic nitrogens is 5. The van der Waals surface area contributed by atoms with E-state index in [0.29, 0.717) is 58.2 Å². The number of aromatic amines is 1. The van der Waals surface area contributed by atoms with Crippen molar-refractivity contribution in [3.63, 3.8) is 0 Å². The Hall–Kier alpha value is -7.04. The molecule has 6 aromatic rings. The molecule has 3 amide bonds. The zero-order valence-corrected chi connectivity index (χ0v) is 41.9. The van der Waals surface area contributed by atoms with Gasteiger partial charge in [0.05, 0.1) is 29.5 Å². The van der Waals surface area contributed by atoms with Gasteiger partial charge in [0.2, 0.25) is 17.6 Å². The Kier molecular flexibility index (Phi) is 16.0. The highest BCUT2D eigenvalue weighted by Crippen LogP contribution is 2.38. The molecule has 71 heavy (non-hydrogen) atoms. The van der Waals surface area contributed by atoms with Gasteiger partial charge in [0.25, 0.3) is 0 Å². The molecule has 0 spiro atoms. The molecule has 4 heterocycles. The number of likely N-dealkylation sites (N-methyl/N-ethyl adjacent to an activating group) is 1. The topological polar surface area (TPSA) is 248 Å². The quantitative estimate of drug-likeness (QED) is 0.0445. The molecule has 3 atom stereocenters. The number of amides is 3. The first-order chi connectivity index (χ1) is 33.7. The number of aryl methyl sites for hydroxylation is 1. The molecule has 3 aromatic carbocycles. The summed E-state index contributed by atoms with van der Waals surface area (Å²) in [5.74, 6) is -0.326. The van der Waals surface area contributed by atoms with Gasteiger partial charge in [-0.05, 0) is 102 Å². The van der Waals surface area contributed by atoms with Crippen molar-refractivity contribution in [1.82, 2.24) is 40.3 Å². The molecule has 1 saturated heterocycles.